The number of carbonyl (C=O) groups is 2. The number of ether oxygens (including phenoxy) is 1. The molecule has 0 aromatic rings. The van der Waals surface area contributed by atoms with E-state index in [9.17, 15) is 9.59 Å². The zero-order valence-corrected chi connectivity index (χ0v) is 15.5. The molecule has 0 bridgehead atoms. The average Bonchev–Trinajstić information content (AvgIpc) is 2.42. The molecule has 7 heteroatoms. The number of carboxylic acids is 1. The Morgan fingerprint density at radius 3 is 2.50 bits per heavy atom. The second-order valence-electron chi connectivity index (χ2n) is 7.50. The molecule has 0 saturated carbocycles. The molecule has 1 saturated heterocycles. The number of alkyl carbamates (subject to hydrolysis) is 1. The van der Waals surface area contributed by atoms with Crippen molar-refractivity contribution in [3.05, 3.63) is 0 Å². The third-order valence-corrected chi connectivity index (χ3v) is 4.00. The van der Waals surface area contributed by atoms with Gasteiger partial charge in [-0.1, -0.05) is 6.42 Å². The number of unbranched alkanes of at least 4 members (excludes halogenated alkanes) is 2. The molecule has 1 heterocycles. The van der Waals surface area contributed by atoms with Gasteiger partial charge in [-0.15, -0.1) is 0 Å². The zero-order chi connectivity index (χ0) is 18.2. The monoisotopic (exact) mass is 343 g/mol. The van der Waals surface area contributed by atoms with E-state index in [1.54, 1.807) is 0 Å². The third-order valence-electron chi connectivity index (χ3n) is 4.00. The summed E-state index contributed by atoms with van der Waals surface area (Å²) in [7, 11) is 0. The highest BCUT2D eigenvalue weighted by Gasteiger charge is 2.24. The highest BCUT2D eigenvalue weighted by molar-refractivity contribution is 5.69. The van der Waals surface area contributed by atoms with Crippen molar-refractivity contribution in [1.82, 2.24) is 15.1 Å². The van der Waals surface area contributed by atoms with Crippen molar-refractivity contribution in [3.63, 3.8) is 0 Å². The smallest absolute Gasteiger partial charge is 0.407 e. The van der Waals surface area contributed by atoms with E-state index in [1.165, 1.54) is 0 Å². The van der Waals surface area contributed by atoms with Gasteiger partial charge in [0.15, 0.2) is 0 Å². The molecule has 1 amide bonds. The van der Waals surface area contributed by atoms with Crippen LogP contribution in [0.1, 0.15) is 47.0 Å². The van der Waals surface area contributed by atoms with Crippen LogP contribution in [-0.4, -0.2) is 77.9 Å². The standard InChI is InChI=1S/C17H33N3O4/c1-14-12-19(13-15(21)22)10-11-20(14)9-7-5-6-8-18-16(23)24-17(2,3)4/h14H,5-13H2,1-4H3,(H,18,23)(H,21,22). The molecule has 1 rings (SSSR count). The van der Waals surface area contributed by atoms with Gasteiger partial charge >= 0.3 is 12.1 Å². The van der Waals surface area contributed by atoms with Gasteiger partial charge in [0, 0.05) is 32.2 Å². The van der Waals surface area contributed by atoms with Gasteiger partial charge in [0.25, 0.3) is 0 Å². The summed E-state index contributed by atoms with van der Waals surface area (Å²) in [6.45, 7) is 12.0. The predicted octanol–water partition coefficient (Wildman–Crippen LogP) is 1.77. The van der Waals surface area contributed by atoms with E-state index in [0.717, 1.165) is 45.4 Å². The molecule has 0 aliphatic carbocycles. The Morgan fingerprint density at radius 1 is 1.21 bits per heavy atom. The molecule has 0 aromatic carbocycles. The molecule has 7 nitrogen and oxygen atoms in total. The number of hydrogen-bond donors (Lipinski definition) is 2. The number of nitrogens with zero attached hydrogens (tertiary/aromatic N) is 2. The van der Waals surface area contributed by atoms with E-state index in [0.29, 0.717) is 12.6 Å². The summed E-state index contributed by atoms with van der Waals surface area (Å²) in [5.41, 5.74) is -0.455. The lowest BCUT2D eigenvalue weighted by Crippen LogP contribution is -2.53. The third kappa shape index (κ3) is 9.08. The van der Waals surface area contributed by atoms with E-state index in [-0.39, 0.29) is 12.6 Å². The molecule has 0 aromatic heterocycles. The van der Waals surface area contributed by atoms with Crippen molar-refractivity contribution in [2.45, 2.75) is 58.6 Å². The summed E-state index contributed by atoms with van der Waals surface area (Å²) in [6.07, 6.45) is 2.72. The van der Waals surface area contributed by atoms with Gasteiger partial charge in [-0.25, -0.2) is 4.79 Å². The largest absolute Gasteiger partial charge is 0.480 e. The summed E-state index contributed by atoms with van der Waals surface area (Å²) >= 11 is 0. The van der Waals surface area contributed by atoms with Crippen LogP contribution in [0.25, 0.3) is 0 Å². The maximum absolute atomic E-state index is 11.5. The second kappa shape index (κ2) is 9.84. The summed E-state index contributed by atoms with van der Waals surface area (Å²) in [5.74, 6) is -0.756. The van der Waals surface area contributed by atoms with Gasteiger partial charge in [-0.05, 0) is 47.1 Å². The van der Waals surface area contributed by atoms with Gasteiger partial charge in [-0.2, -0.15) is 0 Å². The highest BCUT2D eigenvalue weighted by Crippen LogP contribution is 2.11. The summed E-state index contributed by atoms with van der Waals surface area (Å²) < 4.78 is 5.19. The Morgan fingerprint density at radius 2 is 1.92 bits per heavy atom. The Kier molecular flexibility index (Phi) is 8.48. The van der Waals surface area contributed by atoms with Crippen molar-refractivity contribution in [1.29, 1.82) is 0 Å². The topological polar surface area (TPSA) is 82.1 Å². The molecule has 1 unspecified atom stereocenters. The van der Waals surface area contributed by atoms with Crippen molar-refractivity contribution in [2.24, 2.45) is 0 Å². The molecule has 2 N–H and O–H groups in total. The van der Waals surface area contributed by atoms with Gasteiger partial charge < -0.3 is 15.2 Å². The van der Waals surface area contributed by atoms with Gasteiger partial charge in [0.1, 0.15) is 5.60 Å². The van der Waals surface area contributed by atoms with E-state index < -0.39 is 11.6 Å². The summed E-state index contributed by atoms with van der Waals surface area (Å²) in [5, 5.41) is 11.6. The summed E-state index contributed by atoms with van der Waals surface area (Å²) in [6, 6.07) is 0.387. The minimum absolute atomic E-state index is 0.133. The molecule has 140 valence electrons. The first kappa shape index (κ1) is 20.7. The molecule has 0 radical (unpaired) electrons. The van der Waals surface area contributed by atoms with Gasteiger partial charge in [-0.3, -0.25) is 14.6 Å². The first-order valence-electron chi connectivity index (χ1n) is 8.82. The molecular formula is C17H33N3O4. The van der Waals surface area contributed by atoms with Crippen molar-refractivity contribution >= 4 is 12.1 Å². The number of rotatable bonds is 8. The first-order valence-corrected chi connectivity index (χ1v) is 8.82. The quantitative estimate of drug-likeness (QED) is 0.654. The van der Waals surface area contributed by atoms with Gasteiger partial charge in [0.05, 0.1) is 6.54 Å². The normalized spacial score (nSPS) is 19.9. The fraction of sp³-hybridized carbons (Fsp3) is 0.882. The van der Waals surface area contributed by atoms with Crippen LogP contribution >= 0.6 is 0 Å². The lowest BCUT2D eigenvalue weighted by molar-refractivity contribution is -0.139. The van der Waals surface area contributed by atoms with Crippen LogP contribution in [0, 0.1) is 0 Å². The number of nitrogens with one attached hydrogen (secondary N) is 1. The minimum atomic E-state index is -0.756. The molecule has 1 atom stereocenters. The van der Waals surface area contributed by atoms with Crippen LogP contribution in [0.4, 0.5) is 4.79 Å². The van der Waals surface area contributed by atoms with Crippen LogP contribution in [0.3, 0.4) is 0 Å². The molecule has 1 aliphatic rings. The lowest BCUT2D eigenvalue weighted by atomic mass is 10.1. The Balaban J connectivity index is 2.07. The lowest BCUT2D eigenvalue weighted by Gasteiger charge is -2.39. The fourth-order valence-electron chi connectivity index (χ4n) is 2.86. The fourth-order valence-corrected chi connectivity index (χ4v) is 2.86. The van der Waals surface area contributed by atoms with Crippen LogP contribution in [-0.2, 0) is 9.53 Å². The average molecular weight is 343 g/mol. The number of hydrogen-bond acceptors (Lipinski definition) is 5. The van der Waals surface area contributed by atoms with Gasteiger partial charge in [0.2, 0.25) is 0 Å². The summed E-state index contributed by atoms with van der Waals surface area (Å²) in [4.78, 5) is 26.7. The van der Waals surface area contributed by atoms with Crippen LogP contribution in [0.5, 0.6) is 0 Å². The first-order chi connectivity index (χ1) is 11.2. The van der Waals surface area contributed by atoms with E-state index >= 15 is 0 Å². The maximum atomic E-state index is 11.5. The number of amides is 1. The van der Waals surface area contributed by atoms with Crippen LogP contribution < -0.4 is 5.32 Å². The van der Waals surface area contributed by atoms with Crippen molar-refractivity contribution < 1.29 is 19.4 Å². The van der Waals surface area contributed by atoms with Crippen molar-refractivity contribution in [3.8, 4) is 0 Å². The molecular weight excluding hydrogens is 310 g/mol. The van der Waals surface area contributed by atoms with Crippen LogP contribution in [0.15, 0.2) is 0 Å². The number of carbonyl (C=O) groups excluding carboxylic acids is 1. The maximum Gasteiger partial charge on any atom is 0.407 e. The number of carboxylic acid groups (broad SMARTS) is 1. The highest BCUT2D eigenvalue weighted by atomic mass is 16.6. The molecule has 1 aliphatic heterocycles. The predicted molar refractivity (Wildman–Crippen MR) is 93.2 cm³/mol. The second-order valence-corrected chi connectivity index (χ2v) is 7.50. The number of aliphatic carboxylic acids is 1. The Bertz CT molecular complexity index is 409. The molecule has 24 heavy (non-hydrogen) atoms. The van der Waals surface area contributed by atoms with Crippen molar-refractivity contribution in [2.75, 3.05) is 39.3 Å². The number of piperazine rings is 1. The van der Waals surface area contributed by atoms with E-state index in [2.05, 4.69) is 17.1 Å². The Hall–Kier alpha value is -1.34. The zero-order valence-electron chi connectivity index (χ0n) is 15.5. The molecule has 0 spiro atoms. The van der Waals surface area contributed by atoms with E-state index in [1.807, 2.05) is 25.7 Å². The van der Waals surface area contributed by atoms with E-state index in [4.69, 9.17) is 9.84 Å². The SMILES string of the molecule is CC1CN(CC(=O)O)CCN1CCCCCNC(=O)OC(C)(C)C. The Labute approximate surface area is 145 Å². The van der Waals surface area contributed by atoms with Crippen LogP contribution in [0.2, 0.25) is 0 Å². The minimum Gasteiger partial charge on any atom is -0.480 e. The molecule has 1 fully saturated rings.